The van der Waals surface area contributed by atoms with Crippen molar-refractivity contribution in [1.29, 1.82) is 0 Å². The fourth-order valence-electron chi connectivity index (χ4n) is 2.57. The first-order valence-corrected chi connectivity index (χ1v) is 6.98. The van der Waals surface area contributed by atoms with Crippen molar-refractivity contribution in [3.05, 3.63) is 34.9 Å². The van der Waals surface area contributed by atoms with Gasteiger partial charge in [-0.05, 0) is 38.3 Å². The average molecular weight is 282 g/mol. The van der Waals surface area contributed by atoms with Crippen LogP contribution in [0.3, 0.4) is 0 Å². The summed E-state index contributed by atoms with van der Waals surface area (Å²) >= 11 is 0. The Bertz CT molecular complexity index is 505. The molecule has 3 nitrogen and oxygen atoms in total. The van der Waals surface area contributed by atoms with Gasteiger partial charge >= 0.3 is 0 Å². The molecule has 2 N–H and O–H groups in total. The number of benzene rings is 1. The molecule has 110 valence electrons. The van der Waals surface area contributed by atoms with E-state index in [2.05, 4.69) is 17.6 Å². The van der Waals surface area contributed by atoms with Gasteiger partial charge in [0.2, 0.25) is 0 Å². The van der Waals surface area contributed by atoms with Gasteiger partial charge in [-0.3, -0.25) is 4.79 Å². The van der Waals surface area contributed by atoms with Crippen molar-refractivity contribution in [2.45, 2.75) is 45.2 Å². The minimum atomic E-state index is -0.824. The summed E-state index contributed by atoms with van der Waals surface area (Å²) in [5, 5.41) is 5.98. The van der Waals surface area contributed by atoms with Crippen LogP contribution in [0.4, 0.5) is 8.78 Å². The number of carbonyl (C=O) groups is 1. The van der Waals surface area contributed by atoms with Crippen LogP contribution in [-0.2, 0) is 0 Å². The summed E-state index contributed by atoms with van der Waals surface area (Å²) in [7, 11) is 0. The third kappa shape index (κ3) is 3.33. The zero-order valence-corrected chi connectivity index (χ0v) is 11.8. The third-order valence-corrected chi connectivity index (χ3v) is 3.73. The quantitative estimate of drug-likeness (QED) is 0.894. The predicted octanol–water partition coefficient (Wildman–Crippen LogP) is 2.53. The summed E-state index contributed by atoms with van der Waals surface area (Å²) in [6.45, 7) is 3.99. The first kappa shape index (κ1) is 14.9. The summed E-state index contributed by atoms with van der Waals surface area (Å²) in [5.74, 6) is -2.30. The molecule has 1 fully saturated rings. The maximum Gasteiger partial charge on any atom is 0.257 e. The Labute approximate surface area is 117 Å². The molecule has 1 saturated heterocycles. The van der Waals surface area contributed by atoms with E-state index < -0.39 is 23.1 Å². The molecule has 0 bridgehead atoms. The standard InChI is InChI=1S/C15H20F2N2O/c1-9-6-7-12(16)13(14(9)17)15(20)18-8-11-5-3-4-10(2)19-11/h6-7,10-11,19H,3-5,8H2,1-2H3,(H,18,20). The fourth-order valence-corrected chi connectivity index (χ4v) is 2.57. The van der Waals surface area contributed by atoms with Crippen LogP contribution in [0, 0.1) is 18.6 Å². The van der Waals surface area contributed by atoms with Crippen LogP contribution in [0.2, 0.25) is 0 Å². The molecule has 1 aliphatic heterocycles. The molecule has 2 atom stereocenters. The number of carbonyl (C=O) groups excluding carboxylic acids is 1. The maximum absolute atomic E-state index is 13.8. The van der Waals surface area contributed by atoms with E-state index in [9.17, 15) is 13.6 Å². The van der Waals surface area contributed by atoms with Crippen molar-refractivity contribution in [2.75, 3.05) is 6.54 Å². The van der Waals surface area contributed by atoms with Crippen LogP contribution in [-0.4, -0.2) is 24.5 Å². The van der Waals surface area contributed by atoms with Crippen molar-refractivity contribution in [3.63, 3.8) is 0 Å². The van der Waals surface area contributed by atoms with Gasteiger partial charge in [-0.1, -0.05) is 12.5 Å². The van der Waals surface area contributed by atoms with Crippen LogP contribution < -0.4 is 10.6 Å². The minimum absolute atomic E-state index is 0.165. The van der Waals surface area contributed by atoms with Gasteiger partial charge in [-0.2, -0.15) is 0 Å². The average Bonchev–Trinajstić information content (AvgIpc) is 2.41. The Balaban J connectivity index is 2.00. The van der Waals surface area contributed by atoms with Gasteiger partial charge < -0.3 is 10.6 Å². The van der Waals surface area contributed by atoms with Crippen LogP contribution in [0.15, 0.2) is 12.1 Å². The summed E-state index contributed by atoms with van der Waals surface area (Å²) < 4.78 is 27.4. The lowest BCUT2D eigenvalue weighted by Crippen LogP contribution is -2.47. The SMILES string of the molecule is Cc1ccc(F)c(C(=O)NCC2CCCC(C)N2)c1F. The van der Waals surface area contributed by atoms with E-state index in [4.69, 9.17) is 0 Å². The van der Waals surface area contributed by atoms with Gasteiger partial charge in [0.15, 0.2) is 0 Å². The Morgan fingerprint density at radius 3 is 2.85 bits per heavy atom. The number of aryl methyl sites for hydroxylation is 1. The first-order valence-electron chi connectivity index (χ1n) is 6.98. The maximum atomic E-state index is 13.8. The smallest absolute Gasteiger partial charge is 0.257 e. The zero-order valence-electron chi connectivity index (χ0n) is 11.8. The van der Waals surface area contributed by atoms with Gasteiger partial charge in [0.25, 0.3) is 5.91 Å². The molecular weight excluding hydrogens is 262 g/mol. The lowest BCUT2D eigenvalue weighted by atomic mass is 9.99. The fraction of sp³-hybridized carbons (Fsp3) is 0.533. The third-order valence-electron chi connectivity index (χ3n) is 3.73. The Kier molecular flexibility index (Phi) is 4.70. The Morgan fingerprint density at radius 1 is 1.40 bits per heavy atom. The number of rotatable bonds is 3. The van der Waals surface area contributed by atoms with Crippen LogP contribution in [0.25, 0.3) is 0 Å². The van der Waals surface area contributed by atoms with E-state index >= 15 is 0 Å². The number of hydrogen-bond acceptors (Lipinski definition) is 2. The van der Waals surface area contributed by atoms with Crippen molar-refractivity contribution >= 4 is 5.91 Å². The van der Waals surface area contributed by atoms with E-state index in [1.807, 2.05) is 0 Å². The molecule has 0 aromatic heterocycles. The number of hydrogen-bond donors (Lipinski definition) is 2. The summed E-state index contributed by atoms with van der Waals surface area (Å²) in [6.07, 6.45) is 3.18. The lowest BCUT2D eigenvalue weighted by Gasteiger charge is -2.28. The van der Waals surface area contributed by atoms with E-state index in [1.165, 1.54) is 13.0 Å². The molecule has 2 rings (SSSR count). The molecule has 5 heteroatoms. The van der Waals surface area contributed by atoms with E-state index in [0.717, 1.165) is 25.3 Å². The summed E-state index contributed by atoms with van der Waals surface area (Å²) in [4.78, 5) is 11.9. The van der Waals surface area contributed by atoms with Gasteiger partial charge in [-0.15, -0.1) is 0 Å². The first-order chi connectivity index (χ1) is 9.49. The molecule has 1 heterocycles. The number of piperidine rings is 1. The zero-order chi connectivity index (χ0) is 14.7. The predicted molar refractivity (Wildman–Crippen MR) is 73.7 cm³/mol. The monoisotopic (exact) mass is 282 g/mol. The number of amides is 1. The van der Waals surface area contributed by atoms with Gasteiger partial charge in [0, 0.05) is 18.6 Å². The van der Waals surface area contributed by atoms with Crippen LogP contribution in [0.1, 0.15) is 42.1 Å². The molecule has 1 aromatic carbocycles. The van der Waals surface area contributed by atoms with Gasteiger partial charge in [-0.25, -0.2) is 8.78 Å². The van der Waals surface area contributed by atoms with Crippen molar-refractivity contribution in [2.24, 2.45) is 0 Å². The number of nitrogens with one attached hydrogen (secondary N) is 2. The summed E-state index contributed by atoms with van der Waals surface area (Å²) in [5.41, 5.74) is -0.227. The summed E-state index contributed by atoms with van der Waals surface area (Å²) in [6, 6.07) is 3.02. The van der Waals surface area contributed by atoms with Gasteiger partial charge in [0.05, 0.1) is 0 Å². The van der Waals surface area contributed by atoms with Gasteiger partial charge in [0.1, 0.15) is 17.2 Å². The minimum Gasteiger partial charge on any atom is -0.350 e. The van der Waals surface area contributed by atoms with E-state index in [0.29, 0.717) is 12.6 Å². The molecule has 1 amide bonds. The molecular formula is C15H20F2N2O. The highest BCUT2D eigenvalue weighted by atomic mass is 19.1. The second kappa shape index (κ2) is 6.31. The highest BCUT2D eigenvalue weighted by Gasteiger charge is 2.22. The molecule has 20 heavy (non-hydrogen) atoms. The molecule has 0 saturated carbocycles. The largest absolute Gasteiger partial charge is 0.350 e. The molecule has 1 aromatic rings. The molecule has 2 unspecified atom stereocenters. The second-order valence-electron chi connectivity index (χ2n) is 5.46. The molecule has 0 spiro atoms. The second-order valence-corrected chi connectivity index (χ2v) is 5.46. The molecule has 0 aliphatic carbocycles. The molecule has 1 aliphatic rings. The molecule has 0 radical (unpaired) electrons. The van der Waals surface area contributed by atoms with Crippen molar-refractivity contribution in [3.8, 4) is 0 Å². The van der Waals surface area contributed by atoms with Crippen molar-refractivity contribution < 1.29 is 13.6 Å². The normalized spacial score (nSPS) is 22.6. The highest BCUT2D eigenvalue weighted by Crippen LogP contribution is 2.16. The number of halogens is 2. The lowest BCUT2D eigenvalue weighted by molar-refractivity contribution is 0.0937. The van der Waals surface area contributed by atoms with E-state index in [1.54, 1.807) is 0 Å². The highest BCUT2D eigenvalue weighted by molar-refractivity contribution is 5.95. The Morgan fingerprint density at radius 2 is 2.15 bits per heavy atom. The topological polar surface area (TPSA) is 41.1 Å². The van der Waals surface area contributed by atoms with Crippen molar-refractivity contribution in [1.82, 2.24) is 10.6 Å². The van der Waals surface area contributed by atoms with Crippen LogP contribution >= 0.6 is 0 Å². The van der Waals surface area contributed by atoms with Crippen LogP contribution in [0.5, 0.6) is 0 Å². The van der Waals surface area contributed by atoms with E-state index in [-0.39, 0.29) is 11.6 Å². The Hall–Kier alpha value is -1.49.